The van der Waals surface area contributed by atoms with E-state index in [4.69, 9.17) is 5.73 Å². The summed E-state index contributed by atoms with van der Waals surface area (Å²) >= 11 is 0. The standard InChI is InChI=1S/C22H27N5O/c1-14(2)21(15(3)28)20(22-24-26-27-25-22)12-16-4-8-18(9-5-16)19-10-6-17(13-23)7-11-19/h4-11,14,20-21,28H,3,12-13,23H2,1-2H3,(H,24,25,26,27)/t20-,21+/m0/s1. The zero-order valence-electron chi connectivity index (χ0n) is 16.3. The Morgan fingerprint density at radius 1 is 1.04 bits per heavy atom. The molecule has 146 valence electrons. The third kappa shape index (κ3) is 4.46. The highest BCUT2D eigenvalue weighted by atomic mass is 16.3. The Labute approximate surface area is 165 Å². The number of aliphatic hydroxyl groups excluding tert-OH is 1. The Hall–Kier alpha value is -2.99. The van der Waals surface area contributed by atoms with Gasteiger partial charge in [0.25, 0.3) is 0 Å². The number of allylic oxidation sites excluding steroid dienone is 1. The van der Waals surface area contributed by atoms with Crippen molar-refractivity contribution in [3.05, 3.63) is 77.8 Å². The van der Waals surface area contributed by atoms with E-state index in [0.717, 1.165) is 22.3 Å². The van der Waals surface area contributed by atoms with Crippen LogP contribution in [0.15, 0.2) is 60.9 Å². The molecule has 3 aromatic rings. The second kappa shape index (κ2) is 8.80. The monoisotopic (exact) mass is 377 g/mol. The van der Waals surface area contributed by atoms with Gasteiger partial charge in [0.2, 0.25) is 0 Å². The van der Waals surface area contributed by atoms with Crippen LogP contribution in [-0.4, -0.2) is 25.7 Å². The highest BCUT2D eigenvalue weighted by Crippen LogP contribution is 2.35. The van der Waals surface area contributed by atoms with Gasteiger partial charge in [-0.05, 0) is 45.0 Å². The number of hydrogen-bond donors (Lipinski definition) is 3. The molecular formula is C22H27N5O. The molecule has 6 nitrogen and oxygen atoms in total. The zero-order chi connectivity index (χ0) is 20.1. The van der Waals surface area contributed by atoms with Gasteiger partial charge in [-0.3, -0.25) is 0 Å². The van der Waals surface area contributed by atoms with Crippen LogP contribution in [0.4, 0.5) is 0 Å². The summed E-state index contributed by atoms with van der Waals surface area (Å²) in [6, 6.07) is 16.7. The van der Waals surface area contributed by atoms with Gasteiger partial charge in [-0.1, -0.05) is 69.0 Å². The number of aliphatic hydroxyl groups is 1. The van der Waals surface area contributed by atoms with E-state index in [2.05, 4.69) is 89.6 Å². The van der Waals surface area contributed by atoms with E-state index < -0.39 is 0 Å². The topological polar surface area (TPSA) is 101 Å². The average molecular weight is 377 g/mol. The van der Waals surface area contributed by atoms with Gasteiger partial charge in [0.15, 0.2) is 5.82 Å². The van der Waals surface area contributed by atoms with E-state index >= 15 is 0 Å². The van der Waals surface area contributed by atoms with Gasteiger partial charge in [0.1, 0.15) is 0 Å². The average Bonchev–Trinajstić information content (AvgIpc) is 3.22. The van der Waals surface area contributed by atoms with Gasteiger partial charge in [-0.2, -0.15) is 0 Å². The molecule has 0 unspecified atom stereocenters. The predicted molar refractivity (Wildman–Crippen MR) is 110 cm³/mol. The first-order valence-electron chi connectivity index (χ1n) is 9.49. The maximum absolute atomic E-state index is 10.2. The van der Waals surface area contributed by atoms with E-state index in [1.54, 1.807) is 0 Å². The molecule has 0 aliphatic rings. The maximum atomic E-state index is 10.2. The minimum atomic E-state index is -0.141. The lowest BCUT2D eigenvalue weighted by atomic mass is 9.78. The lowest BCUT2D eigenvalue weighted by Gasteiger charge is -2.27. The fourth-order valence-electron chi connectivity index (χ4n) is 3.72. The highest BCUT2D eigenvalue weighted by molar-refractivity contribution is 5.64. The van der Waals surface area contributed by atoms with Gasteiger partial charge >= 0.3 is 0 Å². The molecule has 0 radical (unpaired) electrons. The largest absolute Gasteiger partial charge is 0.513 e. The summed E-state index contributed by atoms with van der Waals surface area (Å²) in [5.41, 5.74) is 10.2. The molecule has 0 aliphatic carbocycles. The van der Waals surface area contributed by atoms with Crippen molar-refractivity contribution < 1.29 is 5.11 Å². The molecule has 0 amide bonds. The summed E-state index contributed by atoms with van der Waals surface area (Å²) in [5.74, 6) is 0.803. The molecule has 28 heavy (non-hydrogen) atoms. The third-order valence-corrected chi connectivity index (χ3v) is 5.18. The second-order valence-corrected chi connectivity index (χ2v) is 7.46. The van der Waals surface area contributed by atoms with Crippen LogP contribution in [0, 0.1) is 11.8 Å². The third-order valence-electron chi connectivity index (χ3n) is 5.18. The lowest BCUT2D eigenvalue weighted by Crippen LogP contribution is -2.23. The van der Waals surface area contributed by atoms with E-state index in [1.807, 2.05) is 0 Å². The van der Waals surface area contributed by atoms with Crippen molar-refractivity contribution in [3.8, 4) is 11.1 Å². The Morgan fingerprint density at radius 3 is 2.04 bits per heavy atom. The van der Waals surface area contributed by atoms with E-state index in [9.17, 15) is 5.11 Å². The zero-order valence-corrected chi connectivity index (χ0v) is 16.3. The lowest BCUT2D eigenvalue weighted by molar-refractivity contribution is 0.243. The Kier molecular flexibility index (Phi) is 6.21. The van der Waals surface area contributed by atoms with Crippen LogP contribution in [-0.2, 0) is 13.0 Å². The molecule has 0 aliphatic heterocycles. The van der Waals surface area contributed by atoms with Crippen LogP contribution in [0.2, 0.25) is 0 Å². The minimum Gasteiger partial charge on any atom is -0.513 e. The minimum absolute atomic E-state index is 0.0813. The molecule has 0 saturated carbocycles. The van der Waals surface area contributed by atoms with Crippen LogP contribution in [0.5, 0.6) is 0 Å². The normalized spacial score (nSPS) is 13.4. The summed E-state index contributed by atoms with van der Waals surface area (Å²) in [6.45, 7) is 8.46. The number of rotatable bonds is 8. The van der Waals surface area contributed by atoms with Crippen LogP contribution in [0.25, 0.3) is 11.1 Å². The number of benzene rings is 2. The quantitative estimate of drug-likeness (QED) is 0.515. The van der Waals surface area contributed by atoms with Crippen LogP contribution in [0.3, 0.4) is 0 Å². The van der Waals surface area contributed by atoms with Crippen molar-refractivity contribution in [2.45, 2.75) is 32.7 Å². The number of H-pyrrole nitrogens is 1. The summed E-state index contributed by atoms with van der Waals surface area (Å²) in [5, 5.41) is 24.6. The van der Waals surface area contributed by atoms with Crippen molar-refractivity contribution in [2.75, 3.05) is 0 Å². The van der Waals surface area contributed by atoms with Gasteiger partial charge in [0.05, 0.1) is 5.76 Å². The molecule has 2 atom stereocenters. The van der Waals surface area contributed by atoms with Gasteiger partial charge < -0.3 is 10.8 Å². The summed E-state index contributed by atoms with van der Waals surface area (Å²) in [4.78, 5) is 0. The number of tetrazole rings is 1. The highest BCUT2D eigenvalue weighted by Gasteiger charge is 2.31. The molecule has 2 aromatic carbocycles. The van der Waals surface area contributed by atoms with E-state index in [-0.39, 0.29) is 23.5 Å². The van der Waals surface area contributed by atoms with Crippen molar-refractivity contribution in [1.82, 2.24) is 20.6 Å². The van der Waals surface area contributed by atoms with Gasteiger partial charge in [0, 0.05) is 18.4 Å². The fourth-order valence-corrected chi connectivity index (χ4v) is 3.72. The molecule has 0 bridgehead atoms. The summed E-state index contributed by atoms with van der Waals surface area (Å²) < 4.78 is 0. The molecule has 3 rings (SSSR count). The van der Waals surface area contributed by atoms with Crippen molar-refractivity contribution >= 4 is 0 Å². The Balaban J connectivity index is 1.83. The maximum Gasteiger partial charge on any atom is 0.152 e. The van der Waals surface area contributed by atoms with Crippen LogP contribution in [0.1, 0.15) is 36.7 Å². The summed E-state index contributed by atoms with van der Waals surface area (Å²) in [6.07, 6.45) is 0.700. The van der Waals surface area contributed by atoms with Crippen LogP contribution >= 0.6 is 0 Å². The van der Waals surface area contributed by atoms with E-state index in [1.165, 1.54) is 0 Å². The number of nitrogens with one attached hydrogen (secondary N) is 1. The van der Waals surface area contributed by atoms with Crippen molar-refractivity contribution in [3.63, 3.8) is 0 Å². The number of aromatic nitrogens is 4. The first-order valence-corrected chi connectivity index (χ1v) is 9.49. The first kappa shape index (κ1) is 19.8. The fraction of sp³-hybridized carbons (Fsp3) is 0.318. The number of nitrogens with two attached hydrogens (primary N) is 1. The Bertz CT molecular complexity index is 886. The molecular weight excluding hydrogens is 350 g/mol. The first-order chi connectivity index (χ1) is 13.5. The van der Waals surface area contributed by atoms with Crippen LogP contribution < -0.4 is 5.73 Å². The van der Waals surface area contributed by atoms with Crippen molar-refractivity contribution in [1.29, 1.82) is 0 Å². The molecule has 6 heteroatoms. The number of nitrogens with zero attached hydrogens (tertiary/aromatic N) is 3. The molecule has 4 N–H and O–H groups in total. The second-order valence-electron chi connectivity index (χ2n) is 7.46. The smallest absolute Gasteiger partial charge is 0.152 e. The van der Waals surface area contributed by atoms with E-state index in [0.29, 0.717) is 18.8 Å². The molecule has 0 fully saturated rings. The molecule has 1 aromatic heterocycles. The Morgan fingerprint density at radius 2 is 1.61 bits per heavy atom. The summed E-state index contributed by atoms with van der Waals surface area (Å²) in [7, 11) is 0. The number of aromatic amines is 1. The van der Waals surface area contributed by atoms with Gasteiger partial charge in [-0.25, -0.2) is 5.10 Å². The molecule has 0 saturated heterocycles. The van der Waals surface area contributed by atoms with Gasteiger partial charge in [-0.15, -0.1) is 5.10 Å². The molecule has 0 spiro atoms. The molecule has 1 heterocycles. The van der Waals surface area contributed by atoms with Crippen molar-refractivity contribution in [2.24, 2.45) is 17.6 Å². The predicted octanol–water partition coefficient (Wildman–Crippen LogP) is 4.00. The number of hydrogen-bond acceptors (Lipinski definition) is 5. The SMILES string of the molecule is C=C(O)[C@@H](C(C)C)[C@H](Cc1ccc(-c2ccc(CN)cc2)cc1)c1nnn[nH]1.